The van der Waals surface area contributed by atoms with Gasteiger partial charge in [0.2, 0.25) is 11.8 Å². The van der Waals surface area contributed by atoms with Crippen LogP contribution in [0.4, 0.5) is 5.69 Å². The minimum Gasteiger partial charge on any atom is -0.349 e. The Morgan fingerprint density at radius 2 is 1.55 bits per heavy atom. The van der Waals surface area contributed by atoms with Gasteiger partial charge in [-0.2, -0.15) is 0 Å². The van der Waals surface area contributed by atoms with Crippen LogP contribution in [0.2, 0.25) is 0 Å². The van der Waals surface area contributed by atoms with Gasteiger partial charge in [-0.1, -0.05) is 76.6 Å². The molecule has 3 aromatic rings. The number of hydrogen-bond donors (Lipinski definition) is 2. The maximum absolute atomic E-state index is 12.8. The predicted molar refractivity (Wildman–Crippen MR) is 120 cm³/mol. The first kappa shape index (κ1) is 20.8. The van der Waals surface area contributed by atoms with Gasteiger partial charge < -0.3 is 10.6 Å². The number of amides is 2. The summed E-state index contributed by atoms with van der Waals surface area (Å²) >= 11 is 3.41. The van der Waals surface area contributed by atoms with Crippen LogP contribution in [0.25, 0.3) is 0 Å². The van der Waals surface area contributed by atoms with Gasteiger partial charge >= 0.3 is 0 Å². The average Bonchev–Trinajstić information content (AvgIpc) is 2.70. The Morgan fingerprint density at radius 3 is 2.24 bits per heavy atom. The smallest absolute Gasteiger partial charge is 0.226 e. The molecule has 0 aliphatic heterocycles. The van der Waals surface area contributed by atoms with Crippen molar-refractivity contribution in [3.63, 3.8) is 0 Å². The molecule has 4 nitrogen and oxygen atoms in total. The molecule has 0 heterocycles. The van der Waals surface area contributed by atoms with Crippen LogP contribution in [-0.4, -0.2) is 11.8 Å². The molecule has 0 spiro atoms. The number of nitrogens with one attached hydrogen (secondary N) is 2. The molecule has 0 saturated heterocycles. The fourth-order valence-corrected chi connectivity index (χ4v) is 3.46. The van der Waals surface area contributed by atoms with E-state index in [1.54, 1.807) is 0 Å². The van der Waals surface area contributed by atoms with Gasteiger partial charge in [0, 0.05) is 17.1 Å². The minimum atomic E-state index is -0.387. The summed E-state index contributed by atoms with van der Waals surface area (Å²) in [4.78, 5) is 24.4. The topological polar surface area (TPSA) is 58.2 Å². The van der Waals surface area contributed by atoms with Crippen molar-refractivity contribution in [2.75, 3.05) is 5.32 Å². The molecular formula is C24H23BrN2O2. The molecule has 0 radical (unpaired) electrons. The van der Waals surface area contributed by atoms with Crippen LogP contribution in [0, 0.1) is 0 Å². The SMILES string of the molecule is CC(=O)NC(CC(=O)Nc1ccccc1Cc1ccccc1)c1ccc(Br)cc1. The first-order chi connectivity index (χ1) is 14.0. The lowest BCUT2D eigenvalue weighted by molar-refractivity contribution is -0.120. The number of anilines is 1. The molecule has 0 saturated carbocycles. The Bertz CT molecular complexity index is 972. The number of hydrogen-bond acceptors (Lipinski definition) is 2. The third kappa shape index (κ3) is 6.29. The first-order valence-electron chi connectivity index (χ1n) is 9.45. The molecular weight excluding hydrogens is 428 g/mol. The summed E-state index contributed by atoms with van der Waals surface area (Å²) in [5.74, 6) is -0.317. The second-order valence-electron chi connectivity index (χ2n) is 6.88. The molecule has 3 aromatic carbocycles. The van der Waals surface area contributed by atoms with E-state index in [1.165, 1.54) is 12.5 Å². The molecule has 1 atom stereocenters. The highest BCUT2D eigenvalue weighted by Gasteiger charge is 2.18. The largest absolute Gasteiger partial charge is 0.349 e. The molecule has 0 aliphatic carbocycles. The fraction of sp³-hybridized carbons (Fsp3) is 0.167. The van der Waals surface area contributed by atoms with Crippen molar-refractivity contribution in [3.05, 3.63) is 100 Å². The summed E-state index contributed by atoms with van der Waals surface area (Å²) in [5, 5.41) is 5.89. The van der Waals surface area contributed by atoms with E-state index in [0.717, 1.165) is 27.7 Å². The van der Waals surface area contributed by atoms with Gasteiger partial charge in [-0.05, 0) is 41.3 Å². The van der Waals surface area contributed by atoms with E-state index < -0.39 is 0 Å². The summed E-state index contributed by atoms with van der Waals surface area (Å²) in [7, 11) is 0. The Kier molecular flexibility index (Phi) is 7.19. The second-order valence-corrected chi connectivity index (χ2v) is 7.79. The fourth-order valence-electron chi connectivity index (χ4n) is 3.19. The molecule has 5 heteroatoms. The van der Waals surface area contributed by atoms with Gasteiger partial charge in [0.15, 0.2) is 0 Å². The normalized spacial score (nSPS) is 11.5. The summed E-state index contributed by atoms with van der Waals surface area (Å²) in [6.45, 7) is 1.46. The quantitative estimate of drug-likeness (QED) is 0.516. The Hall–Kier alpha value is -2.92. The second kappa shape index (κ2) is 10.0. The van der Waals surface area contributed by atoms with E-state index in [1.807, 2.05) is 66.7 Å². The van der Waals surface area contributed by atoms with Crippen molar-refractivity contribution in [1.82, 2.24) is 5.32 Å². The van der Waals surface area contributed by atoms with Crippen LogP contribution in [0.5, 0.6) is 0 Å². The molecule has 2 N–H and O–H groups in total. The molecule has 1 unspecified atom stereocenters. The van der Waals surface area contributed by atoms with E-state index in [0.29, 0.717) is 0 Å². The molecule has 148 valence electrons. The molecule has 0 bridgehead atoms. The van der Waals surface area contributed by atoms with Crippen LogP contribution < -0.4 is 10.6 Å². The summed E-state index contributed by atoms with van der Waals surface area (Å²) < 4.78 is 0.946. The van der Waals surface area contributed by atoms with E-state index in [4.69, 9.17) is 0 Å². The Labute approximate surface area is 179 Å². The molecule has 0 aliphatic rings. The van der Waals surface area contributed by atoms with Crippen LogP contribution in [0.15, 0.2) is 83.3 Å². The average molecular weight is 451 g/mol. The van der Waals surface area contributed by atoms with Crippen molar-refractivity contribution < 1.29 is 9.59 Å². The number of carbonyl (C=O) groups excluding carboxylic acids is 2. The first-order valence-corrected chi connectivity index (χ1v) is 10.2. The van der Waals surface area contributed by atoms with Crippen molar-refractivity contribution in [2.45, 2.75) is 25.8 Å². The van der Waals surface area contributed by atoms with Crippen LogP contribution >= 0.6 is 15.9 Å². The number of benzene rings is 3. The summed E-state index contributed by atoms with van der Waals surface area (Å²) in [6.07, 6.45) is 0.889. The van der Waals surface area contributed by atoms with Gasteiger partial charge in [-0.25, -0.2) is 0 Å². The zero-order valence-electron chi connectivity index (χ0n) is 16.2. The lowest BCUT2D eigenvalue weighted by Gasteiger charge is -2.19. The maximum Gasteiger partial charge on any atom is 0.226 e. The van der Waals surface area contributed by atoms with E-state index in [2.05, 4.69) is 38.7 Å². The summed E-state index contributed by atoms with van der Waals surface area (Å²) in [6, 6.07) is 25.2. The third-order valence-electron chi connectivity index (χ3n) is 4.57. The molecule has 2 amide bonds. The Balaban J connectivity index is 1.73. The van der Waals surface area contributed by atoms with E-state index >= 15 is 0 Å². The number of carbonyl (C=O) groups is 2. The maximum atomic E-state index is 12.8. The lowest BCUT2D eigenvalue weighted by Crippen LogP contribution is -2.29. The zero-order valence-corrected chi connectivity index (χ0v) is 17.8. The summed E-state index contributed by atoms with van der Waals surface area (Å²) in [5.41, 5.74) is 3.90. The third-order valence-corrected chi connectivity index (χ3v) is 5.10. The Morgan fingerprint density at radius 1 is 0.897 bits per heavy atom. The van der Waals surface area contributed by atoms with Gasteiger partial charge in [0.25, 0.3) is 0 Å². The number of rotatable bonds is 7. The number of para-hydroxylation sites is 1. The van der Waals surface area contributed by atoms with Gasteiger partial charge in [-0.15, -0.1) is 0 Å². The van der Waals surface area contributed by atoms with Crippen molar-refractivity contribution in [2.24, 2.45) is 0 Å². The number of halogens is 1. The van der Waals surface area contributed by atoms with E-state index in [9.17, 15) is 9.59 Å². The van der Waals surface area contributed by atoms with Gasteiger partial charge in [0.05, 0.1) is 12.5 Å². The minimum absolute atomic E-state index is 0.146. The van der Waals surface area contributed by atoms with Crippen LogP contribution in [-0.2, 0) is 16.0 Å². The predicted octanol–water partition coefficient (Wildman–Crippen LogP) is 5.25. The standard InChI is InChI=1S/C24H23BrN2O2/c1-17(28)26-23(19-11-13-21(25)14-12-19)16-24(29)27-22-10-6-5-9-20(22)15-18-7-3-2-4-8-18/h2-14,23H,15-16H2,1H3,(H,26,28)(H,27,29). The van der Waals surface area contributed by atoms with Gasteiger partial charge in [0.1, 0.15) is 0 Å². The highest BCUT2D eigenvalue weighted by molar-refractivity contribution is 9.10. The molecule has 0 fully saturated rings. The van der Waals surface area contributed by atoms with Crippen molar-refractivity contribution >= 4 is 33.4 Å². The lowest BCUT2D eigenvalue weighted by atomic mass is 10.0. The van der Waals surface area contributed by atoms with Crippen LogP contribution in [0.3, 0.4) is 0 Å². The molecule has 3 rings (SSSR count). The zero-order chi connectivity index (χ0) is 20.6. The van der Waals surface area contributed by atoms with Crippen molar-refractivity contribution in [1.29, 1.82) is 0 Å². The highest BCUT2D eigenvalue weighted by Crippen LogP contribution is 2.23. The van der Waals surface area contributed by atoms with Crippen molar-refractivity contribution in [3.8, 4) is 0 Å². The van der Waals surface area contributed by atoms with E-state index in [-0.39, 0.29) is 24.3 Å². The molecule has 29 heavy (non-hydrogen) atoms. The monoisotopic (exact) mass is 450 g/mol. The molecule has 0 aromatic heterocycles. The van der Waals surface area contributed by atoms with Gasteiger partial charge in [-0.3, -0.25) is 9.59 Å². The highest BCUT2D eigenvalue weighted by atomic mass is 79.9. The van der Waals surface area contributed by atoms with Crippen LogP contribution in [0.1, 0.15) is 36.1 Å².